The average Bonchev–Trinajstić information content (AvgIpc) is 2.82. The van der Waals surface area contributed by atoms with Gasteiger partial charge in [0.2, 0.25) is 0 Å². The lowest BCUT2D eigenvalue weighted by Crippen LogP contribution is -2.39. The van der Waals surface area contributed by atoms with Gasteiger partial charge in [-0.1, -0.05) is 5.21 Å². The minimum Gasteiger partial charge on any atom is -0.444 e. The second-order valence-electron chi connectivity index (χ2n) is 6.28. The van der Waals surface area contributed by atoms with Crippen LogP contribution in [-0.4, -0.2) is 44.2 Å². The second kappa shape index (κ2) is 5.35. The Labute approximate surface area is 127 Å². The van der Waals surface area contributed by atoms with Crippen LogP contribution in [0, 0.1) is 6.92 Å². The van der Waals surface area contributed by atoms with Crippen molar-refractivity contribution >= 4 is 22.0 Å². The molecule has 6 nitrogen and oxygen atoms in total. The van der Waals surface area contributed by atoms with Gasteiger partial charge >= 0.3 is 6.09 Å². The van der Waals surface area contributed by atoms with E-state index in [9.17, 15) is 4.79 Å². The average molecular weight is 345 g/mol. The summed E-state index contributed by atoms with van der Waals surface area (Å²) in [5.74, 6) is 0. The molecule has 1 aliphatic rings. The maximum atomic E-state index is 12.2. The summed E-state index contributed by atoms with van der Waals surface area (Å²) in [6.07, 6.45) is 0.597. The van der Waals surface area contributed by atoms with E-state index in [1.54, 1.807) is 4.90 Å². The van der Waals surface area contributed by atoms with E-state index >= 15 is 0 Å². The highest BCUT2D eigenvalue weighted by Crippen LogP contribution is 2.30. The van der Waals surface area contributed by atoms with Gasteiger partial charge in [0, 0.05) is 12.6 Å². The zero-order valence-corrected chi connectivity index (χ0v) is 14.1. The van der Waals surface area contributed by atoms with Gasteiger partial charge in [0.05, 0.1) is 11.7 Å². The Hall–Kier alpha value is -1.11. The largest absolute Gasteiger partial charge is 0.444 e. The van der Waals surface area contributed by atoms with E-state index in [0.29, 0.717) is 6.54 Å². The Bertz CT molecular complexity index is 509. The molecule has 1 aliphatic heterocycles. The van der Waals surface area contributed by atoms with E-state index in [-0.39, 0.29) is 18.2 Å². The third kappa shape index (κ3) is 3.13. The van der Waals surface area contributed by atoms with Gasteiger partial charge in [0.15, 0.2) is 4.60 Å². The number of rotatable bonds is 1. The van der Waals surface area contributed by atoms with Crippen LogP contribution < -0.4 is 0 Å². The summed E-state index contributed by atoms with van der Waals surface area (Å²) >= 11 is 3.36. The monoisotopic (exact) mass is 344 g/mol. The Morgan fingerprint density at radius 1 is 1.45 bits per heavy atom. The summed E-state index contributed by atoms with van der Waals surface area (Å²) in [7, 11) is 0. The van der Waals surface area contributed by atoms with Crippen LogP contribution in [-0.2, 0) is 4.74 Å². The van der Waals surface area contributed by atoms with E-state index in [0.717, 1.165) is 16.7 Å². The van der Waals surface area contributed by atoms with Gasteiger partial charge in [0.25, 0.3) is 0 Å². The van der Waals surface area contributed by atoms with Gasteiger partial charge < -0.3 is 9.64 Å². The van der Waals surface area contributed by atoms with Crippen LogP contribution in [0.25, 0.3) is 0 Å². The van der Waals surface area contributed by atoms with Gasteiger partial charge in [-0.15, -0.1) is 5.10 Å². The molecule has 0 aliphatic carbocycles. The van der Waals surface area contributed by atoms with Crippen molar-refractivity contribution < 1.29 is 9.53 Å². The molecule has 0 aromatic carbocycles. The lowest BCUT2D eigenvalue weighted by atomic mass is 10.2. The fraction of sp³-hybridized carbons (Fsp3) is 0.769. The highest BCUT2D eigenvalue weighted by Gasteiger charge is 2.37. The number of likely N-dealkylation sites (tertiary alicyclic amines) is 1. The molecule has 2 heterocycles. The number of carbonyl (C=O) groups excluding carboxylic acids is 1. The molecule has 20 heavy (non-hydrogen) atoms. The van der Waals surface area contributed by atoms with E-state index in [4.69, 9.17) is 4.74 Å². The van der Waals surface area contributed by atoms with Crippen molar-refractivity contribution in [1.29, 1.82) is 0 Å². The highest BCUT2D eigenvalue weighted by molar-refractivity contribution is 9.10. The summed E-state index contributed by atoms with van der Waals surface area (Å²) in [4.78, 5) is 14.0. The van der Waals surface area contributed by atoms with Crippen molar-refractivity contribution in [2.45, 2.75) is 58.7 Å². The van der Waals surface area contributed by atoms with Gasteiger partial charge in [-0.2, -0.15) is 0 Å². The van der Waals surface area contributed by atoms with Gasteiger partial charge in [-0.05, 0) is 57.0 Å². The smallest absolute Gasteiger partial charge is 0.410 e. The van der Waals surface area contributed by atoms with Crippen LogP contribution >= 0.6 is 15.9 Å². The van der Waals surface area contributed by atoms with Gasteiger partial charge in [-0.25, -0.2) is 9.48 Å². The minimum absolute atomic E-state index is 0.136. The van der Waals surface area contributed by atoms with E-state index in [2.05, 4.69) is 26.2 Å². The standard InChI is InChI=1S/C13H21BrN4O2/c1-8-6-10(18-9(2)11(14)15-16-18)7-17(8)12(19)20-13(3,4)5/h8,10H,6-7H2,1-5H3/t8-,10+/m1/s1. The third-order valence-corrected chi connectivity index (χ3v) is 4.13. The van der Waals surface area contributed by atoms with E-state index in [1.165, 1.54) is 0 Å². The molecule has 0 saturated carbocycles. The number of nitrogens with zero attached hydrogens (tertiary/aromatic N) is 4. The molecule has 112 valence electrons. The number of carbonyl (C=O) groups is 1. The molecule has 1 fully saturated rings. The first-order valence-electron chi connectivity index (χ1n) is 6.76. The quantitative estimate of drug-likeness (QED) is 0.785. The molecule has 2 rings (SSSR count). The molecule has 1 saturated heterocycles. The molecule has 1 amide bonds. The van der Waals surface area contributed by atoms with Crippen molar-refractivity contribution in [3.05, 3.63) is 10.3 Å². The van der Waals surface area contributed by atoms with Crippen molar-refractivity contribution in [2.75, 3.05) is 6.54 Å². The lowest BCUT2D eigenvalue weighted by Gasteiger charge is -2.26. The number of aromatic nitrogens is 3. The van der Waals surface area contributed by atoms with Crippen molar-refractivity contribution in [3.63, 3.8) is 0 Å². The number of halogens is 1. The van der Waals surface area contributed by atoms with Crippen LogP contribution in [0.5, 0.6) is 0 Å². The molecule has 0 N–H and O–H groups in total. The fourth-order valence-electron chi connectivity index (χ4n) is 2.42. The zero-order chi connectivity index (χ0) is 15.1. The van der Waals surface area contributed by atoms with Crippen LogP contribution in [0.1, 0.15) is 45.9 Å². The van der Waals surface area contributed by atoms with Crippen LogP contribution in [0.3, 0.4) is 0 Å². The first-order chi connectivity index (χ1) is 9.19. The summed E-state index contributed by atoms with van der Waals surface area (Å²) in [5.41, 5.74) is 0.509. The van der Waals surface area contributed by atoms with Crippen molar-refractivity contribution in [3.8, 4) is 0 Å². The summed E-state index contributed by atoms with van der Waals surface area (Å²) in [6.45, 7) is 10.2. The van der Waals surface area contributed by atoms with E-state index in [1.807, 2.05) is 39.3 Å². The lowest BCUT2D eigenvalue weighted by molar-refractivity contribution is 0.0233. The first-order valence-corrected chi connectivity index (χ1v) is 7.55. The number of amides is 1. The molecular formula is C13H21BrN4O2. The third-order valence-electron chi connectivity index (χ3n) is 3.40. The highest BCUT2D eigenvalue weighted by atomic mass is 79.9. The first kappa shape index (κ1) is 15.3. The molecule has 1 aromatic rings. The topological polar surface area (TPSA) is 60.2 Å². The molecule has 0 spiro atoms. The Morgan fingerprint density at radius 3 is 2.60 bits per heavy atom. The SMILES string of the molecule is Cc1c(Br)nnn1[C@H]1C[C@@H](C)N(C(=O)OC(C)(C)C)C1. The summed E-state index contributed by atoms with van der Waals surface area (Å²) in [6, 6.07) is 0.286. The minimum atomic E-state index is -0.471. The molecule has 0 unspecified atom stereocenters. The van der Waals surface area contributed by atoms with Crippen LogP contribution in [0.4, 0.5) is 4.79 Å². The number of hydrogen-bond acceptors (Lipinski definition) is 4. The number of hydrogen-bond donors (Lipinski definition) is 0. The van der Waals surface area contributed by atoms with E-state index < -0.39 is 5.60 Å². The summed E-state index contributed by atoms with van der Waals surface area (Å²) in [5, 5.41) is 8.15. The molecule has 0 bridgehead atoms. The molecule has 7 heteroatoms. The zero-order valence-electron chi connectivity index (χ0n) is 12.6. The maximum Gasteiger partial charge on any atom is 0.410 e. The number of ether oxygens (including phenoxy) is 1. The normalized spacial score (nSPS) is 23.2. The molecular weight excluding hydrogens is 324 g/mol. The molecule has 0 radical (unpaired) electrons. The maximum absolute atomic E-state index is 12.2. The predicted octanol–water partition coefficient (Wildman–Crippen LogP) is 2.92. The predicted molar refractivity (Wildman–Crippen MR) is 78.5 cm³/mol. The Morgan fingerprint density at radius 2 is 2.10 bits per heavy atom. The Kier molecular flexibility index (Phi) is 4.09. The molecule has 2 atom stereocenters. The van der Waals surface area contributed by atoms with Gasteiger partial charge in [0.1, 0.15) is 5.60 Å². The van der Waals surface area contributed by atoms with Gasteiger partial charge in [-0.3, -0.25) is 0 Å². The van der Waals surface area contributed by atoms with Crippen LogP contribution in [0.15, 0.2) is 4.60 Å². The second-order valence-corrected chi connectivity index (χ2v) is 7.03. The van der Waals surface area contributed by atoms with Crippen molar-refractivity contribution in [2.24, 2.45) is 0 Å². The fourth-order valence-corrected chi connectivity index (χ4v) is 2.68. The molecule has 1 aromatic heterocycles. The summed E-state index contributed by atoms with van der Waals surface area (Å²) < 4.78 is 8.07. The Balaban J connectivity index is 2.09. The van der Waals surface area contributed by atoms with Crippen LogP contribution in [0.2, 0.25) is 0 Å². The van der Waals surface area contributed by atoms with Crippen molar-refractivity contribution in [1.82, 2.24) is 19.9 Å².